The van der Waals surface area contributed by atoms with Crippen molar-refractivity contribution in [3.8, 4) is 5.75 Å². The SMILES string of the molecule is COc1cnn(CCN(C)C)c1C(F)(CN)C1CC1. The fraction of sp³-hybridized carbons (Fsp3) is 0.769. The molecule has 2 rings (SSSR count). The number of nitrogens with zero attached hydrogens (tertiary/aromatic N) is 3. The van der Waals surface area contributed by atoms with Gasteiger partial charge in [0.2, 0.25) is 0 Å². The number of likely N-dealkylation sites (N-methyl/N-ethyl adjacent to an activating group) is 1. The molecule has 0 spiro atoms. The first kappa shape index (κ1) is 14.3. The van der Waals surface area contributed by atoms with Crippen molar-refractivity contribution in [1.29, 1.82) is 0 Å². The van der Waals surface area contributed by atoms with Crippen LogP contribution in [0.25, 0.3) is 0 Å². The smallest absolute Gasteiger partial charge is 0.170 e. The first-order chi connectivity index (χ1) is 9.02. The number of nitrogens with two attached hydrogens (primary N) is 1. The molecule has 108 valence electrons. The second-order valence-electron chi connectivity index (χ2n) is 5.43. The van der Waals surface area contributed by atoms with E-state index in [0.717, 1.165) is 19.4 Å². The van der Waals surface area contributed by atoms with Crippen LogP contribution in [-0.4, -0.2) is 49.0 Å². The van der Waals surface area contributed by atoms with Crippen LogP contribution in [0.2, 0.25) is 0 Å². The van der Waals surface area contributed by atoms with E-state index in [0.29, 0.717) is 18.0 Å². The van der Waals surface area contributed by atoms with Crippen LogP contribution >= 0.6 is 0 Å². The third kappa shape index (κ3) is 2.74. The summed E-state index contributed by atoms with van der Waals surface area (Å²) in [5, 5.41) is 4.25. The van der Waals surface area contributed by atoms with E-state index in [4.69, 9.17) is 10.5 Å². The molecule has 0 bridgehead atoms. The van der Waals surface area contributed by atoms with Crippen LogP contribution in [0, 0.1) is 5.92 Å². The van der Waals surface area contributed by atoms with E-state index < -0.39 is 5.67 Å². The Kier molecular flexibility index (Phi) is 4.10. The first-order valence-corrected chi connectivity index (χ1v) is 6.67. The van der Waals surface area contributed by atoms with Gasteiger partial charge in [0.25, 0.3) is 0 Å². The molecule has 0 aliphatic heterocycles. The molecule has 1 aromatic heterocycles. The molecule has 6 heteroatoms. The number of hydrogen-bond acceptors (Lipinski definition) is 4. The first-order valence-electron chi connectivity index (χ1n) is 6.67. The third-order valence-corrected chi connectivity index (χ3v) is 3.70. The van der Waals surface area contributed by atoms with Gasteiger partial charge in [0.05, 0.1) is 19.9 Å². The molecule has 0 amide bonds. The number of methoxy groups -OCH3 is 1. The van der Waals surface area contributed by atoms with Crippen LogP contribution in [0.3, 0.4) is 0 Å². The molecule has 0 saturated heterocycles. The lowest BCUT2D eigenvalue weighted by atomic mass is 9.95. The van der Waals surface area contributed by atoms with E-state index in [9.17, 15) is 0 Å². The van der Waals surface area contributed by atoms with E-state index in [1.807, 2.05) is 19.0 Å². The van der Waals surface area contributed by atoms with Gasteiger partial charge in [-0.1, -0.05) is 0 Å². The zero-order valence-corrected chi connectivity index (χ0v) is 11.9. The summed E-state index contributed by atoms with van der Waals surface area (Å²) in [7, 11) is 5.50. The zero-order chi connectivity index (χ0) is 14.0. The Labute approximate surface area is 113 Å². The van der Waals surface area contributed by atoms with Gasteiger partial charge in [-0.15, -0.1) is 0 Å². The highest BCUT2D eigenvalue weighted by molar-refractivity contribution is 5.33. The lowest BCUT2D eigenvalue weighted by Crippen LogP contribution is -2.36. The van der Waals surface area contributed by atoms with Crippen molar-refractivity contribution in [2.24, 2.45) is 11.7 Å². The summed E-state index contributed by atoms with van der Waals surface area (Å²) >= 11 is 0. The Hall–Kier alpha value is -1.14. The zero-order valence-electron chi connectivity index (χ0n) is 11.9. The molecule has 1 fully saturated rings. The maximum Gasteiger partial charge on any atom is 0.170 e. The fourth-order valence-electron chi connectivity index (χ4n) is 2.40. The molecule has 0 aromatic carbocycles. The van der Waals surface area contributed by atoms with Crippen LogP contribution < -0.4 is 10.5 Å². The minimum atomic E-state index is -1.52. The standard InChI is InChI=1S/C13H23FN4O/c1-17(2)6-7-18-12(11(19-3)8-16-18)13(14,9-15)10-4-5-10/h8,10H,4-7,9,15H2,1-3H3. The van der Waals surface area contributed by atoms with E-state index in [1.54, 1.807) is 18.0 Å². The summed E-state index contributed by atoms with van der Waals surface area (Å²) < 4.78 is 22.2. The van der Waals surface area contributed by atoms with Crippen LogP contribution in [0.15, 0.2) is 6.20 Å². The van der Waals surface area contributed by atoms with Gasteiger partial charge in [-0.25, -0.2) is 4.39 Å². The van der Waals surface area contributed by atoms with Crippen molar-refractivity contribution in [3.63, 3.8) is 0 Å². The summed E-state index contributed by atoms with van der Waals surface area (Å²) in [6.07, 6.45) is 3.35. The van der Waals surface area contributed by atoms with Gasteiger partial charge in [0.1, 0.15) is 5.69 Å². The molecule has 1 aliphatic rings. The van der Waals surface area contributed by atoms with E-state index in [1.165, 1.54) is 0 Å². The van der Waals surface area contributed by atoms with Gasteiger partial charge in [0.15, 0.2) is 11.4 Å². The molecule has 19 heavy (non-hydrogen) atoms. The molecular formula is C13H23FN4O. The molecule has 1 unspecified atom stereocenters. The summed E-state index contributed by atoms with van der Waals surface area (Å²) in [6.45, 7) is 1.40. The average Bonchev–Trinajstić information content (AvgIpc) is 3.16. The minimum absolute atomic E-state index is 0.00112. The Morgan fingerprint density at radius 2 is 2.26 bits per heavy atom. The van der Waals surface area contributed by atoms with Crippen molar-refractivity contribution < 1.29 is 9.13 Å². The molecule has 0 radical (unpaired) electrons. The maximum absolute atomic E-state index is 15.2. The molecule has 5 nitrogen and oxygen atoms in total. The number of aromatic nitrogens is 2. The summed E-state index contributed by atoms with van der Waals surface area (Å²) in [6, 6.07) is 0. The van der Waals surface area contributed by atoms with Crippen LogP contribution in [0.1, 0.15) is 18.5 Å². The third-order valence-electron chi connectivity index (χ3n) is 3.70. The van der Waals surface area contributed by atoms with Crippen LogP contribution in [0.4, 0.5) is 4.39 Å². The van der Waals surface area contributed by atoms with Gasteiger partial charge >= 0.3 is 0 Å². The van der Waals surface area contributed by atoms with Gasteiger partial charge in [-0.2, -0.15) is 5.10 Å². The molecule has 1 heterocycles. The maximum atomic E-state index is 15.2. The molecule has 1 atom stereocenters. The highest BCUT2D eigenvalue weighted by Crippen LogP contribution is 2.50. The Morgan fingerprint density at radius 1 is 1.58 bits per heavy atom. The van der Waals surface area contributed by atoms with E-state index in [2.05, 4.69) is 5.10 Å². The van der Waals surface area contributed by atoms with Gasteiger partial charge in [-0.3, -0.25) is 4.68 Å². The Bertz CT molecular complexity index is 430. The number of ether oxygens (including phenoxy) is 1. The number of hydrogen-bond donors (Lipinski definition) is 1. The number of alkyl halides is 1. The summed E-state index contributed by atoms with van der Waals surface area (Å²) in [5.41, 5.74) is 4.69. The largest absolute Gasteiger partial charge is 0.493 e. The second-order valence-corrected chi connectivity index (χ2v) is 5.43. The molecular weight excluding hydrogens is 247 g/mol. The average molecular weight is 270 g/mol. The highest BCUT2D eigenvalue weighted by atomic mass is 19.1. The second kappa shape index (κ2) is 5.46. The van der Waals surface area contributed by atoms with E-state index >= 15 is 4.39 Å². The summed E-state index contributed by atoms with van der Waals surface area (Å²) in [4.78, 5) is 2.04. The summed E-state index contributed by atoms with van der Waals surface area (Å²) in [5.74, 6) is 0.500. The van der Waals surface area contributed by atoms with Crippen LogP contribution in [-0.2, 0) is 12.2 Å². The van der Waals surface area contributed by atoms with Crippen LogP contribution in [0.5, 0.6) is 5.75 Å². The number of halogens is 1. The monoisotopic (exact) mass is 270 g/mol. The topological polar surface area (TPSA) is 56.3 Å². The lowest BCUT2D eigenvalue weighted by Gasteiger charge is -2.26. The quantitative estimate of drug-likeness (QED) is 0.802. The van der Waals surface area contributed by atoms with Crippen molar-refractivity contribution in [1.82, 2.24) is 14.7 Å². The normalized spacial score (nSPS) is 18.6. The lowest BCUT2D eigenvalue weighted by molar-refractivity contribution is 0.123. The fourth-order valence-corrected chi connectivity index (χ4v) is 2.40. The van der Waals surface area contributed by atoms with Gasteiger partial charge in [-0.05, 0) is 26.9 Å². The predicted octanol–water partition coefficient (Wildman–Crippen LogP) is 0.987. The molecule has 1 saturated carbocycles. The Balaban J connectivity index is 2.32. The van der Waals surface area contributed by atoms with E-state index in [-0.39, 0.29) is 12.5 Å². The van der Waals surface area contributed by atoms with Gasteiger partial charge < -0.3 is 15.4 Å². The molecule has 2 N–H and O–H groups in total. The minimum Gasteiger partial charge on any atom is -0.493 e. The van der Waals surface area contributed by atoms with Crippen molar-refractivity contribution in [2.45, 2.75) is 25.1 Å². The Morgan fingerprint density at radius 3 is 2.74 bits per heavy atom. The van der Waals surface area contributed by atoms with Gasteiger partial charge in [0, 0.05) is 19.0 Å². The molecule has 1 aliphatic carbocycles. The van der Waals surface area contributed by atoms with Crippen molar-refractivity contribution >= 4 is 0 Å². The van der Waals surface area contributed by atoms with Crippen molar-refractivity contribution in [2.75, 3.05) is 34.3 Å². The highest BCUT2D eigenvalue weighted by Gasteiger charge is 2.50. The van der Waals surface area contributed by atoms with Crippen molar-refractivity contribution in [3.05, 3.63) is 11.9 Å². The predicted molar refractivity (Wildman–Crippen MR) is 71.9 cm³/mol. The molecule has 1 aromatic rings. The number of rotatable bonds is 7.